The molecule has 2 aromatic heterocycles. The highest BCUT2D eigenvalue weighted by Gasteiger charge is 2.18. The predicted octanol–water partition coefficient (Wildman–Crippen LogP) is 3.97. The first-order valence-electron chi connectivity index (χ1n) is 8.21. The number of fused-ring (bicyclic) bond motifs is 1. The van der Waals surface area contributed by atoms with Crippen molar-refractivity contribution in [3.05, 3.63) is 65.4 Å². The van der Waals surface area contributed by atoms with Crippen molar-refractivity contribution in [1.82, 2.24) is 25.6 Å². The average Bonchev–Trinajstić information content (AvgIpc) is 3.11. The third kappa shape index (κ3) is 3.52. The van der Waals surface area contributed by atoms with Crippen molar-refractivity contribution in [1.29, 1.82) is 0 Å². The number of benzene rings is 2. The second-order valence-electron chi connectivity index (χ2n) is 5.87. The van der Waals surface area contributed by atoms with Crippen LogP contribution in [-0.2, 0) is 4.79 Å². The van der Waals surface area contributed by atoms with Crippen molar-refractivity contribution in [3.63, 3.8) is 0 Å². The number of amides is 1. The number of hydrogen-bond donors (Lipinski definition) is 2. The maximum absolute atomic E-state index is 11.7. The molecule has 0 fully saturated rings. The number of halogens is 1. The fourth-order valence-electron chi connectivity index (χ4n) is 2.74. The first kappa shape index (κ1) is 17.2. The molecule has 0 aliphatic rings. The standard InChI is InChI=1S/C19H15BrN6O/c1-12(27)25-26(18-11-21-16-5-3-2-4-15(16)18)19-22-10-17(23-24-19)13-6-8-14(20)9-7-13/h2-11,21H,1H3,(H,25,27). The number of hydrogen-bond acceptors (Lipinski definition) is 5. The zero-order chi connectivity index (χ0) is 18.8. The minimum Gasteiger partial charge on any atom is -0.359 e. The summed E-state index contributed by atoms with van der Waals surface area (Å²) in [6, 6.07) is 15.5. The number of rotatable bonds is 4. The molecule has 0 aliphatic carbocycles. The van der Waals surface area contributed by atoms with Crippen LogP contribution in [0.2, 0.25) is 0 Å². The van der Waals surface area contributed by atoms with Crippen molar-refractivity contribution in [2.24, 2.45) is 0 Å². The first-order valence-corrected chi connectivity index (χ1v) is 9.00. The molecule has 2 aromatic carbocycles. The van der Waals surface area contributed by atoms with E-state index in [9.17, 15) is 4.79 Å². The summed E-state index contributed by atoms with van der Waals surface area (Å²) >= 11 is 3.41. The van der Waals surface area contributed by atoms with E-state index in [1.807, 2.05) is 48.5 Å². The van der Waals surface area contributed by atoms with Crippen molar-refractivity contribution in [3.8, 4) is 11.3 Å². The number of carbonyl (C=O) groups is 1. The number of carbonyl (C=O) groups excluding carboxylic acids is 1. The molecule has 2 N–H and O–H groups in total. The summed E-state index contributed by atoms with van der Waals surface area (Å²) in [6.45, 7) is 1.44. The van der Waals surface area contributed by atoms with Crippen LogP contribution in [0.4, 0.5) is 11.6 Å². The molecule has 0 saturated heterocycles. The van der Waals surface area contributed by atoms with Gasteiger partial charge in [0.15, 0.2) is 0 Å². The molecule has 7 nitrogen and oxygen atoms in total. The van der Waals surface area contributed by atoms with E-state index in [0.717, 1.165) is 26.6 Å². The van der Waals surface area contributed by atoms with Gasteiger partial charge in [-0.1, -0.05) is 46.3 Å². The van der Waals surface area contributed by atoms with Gasteiger partial charge >= 0.3 is 0 Å². The van der Waals surface area contributed by atoms with Crippen molar-refractivity contribution >= 4 is 44.4 Å². The topological polar surface area (TPSA) is 86.8 Å². The second kappa shape index (κ2) is 7.16. The fraction of sp³-hybridized carbons (Fsp3) is 0.0526. The Bertz CT molecular complexity index is 1090. The molecule has 134 valence electrons. The van der Waals surface area contributed by atoms with Gasteiger partial charge in [0.05, 0.1) is 11.9 Å². The van der Waals surface area contributed by atoms with E-state index in [0.29, 0.717) is 5.69 Å². The number of anilines is 2. The normalized spacial score (nSPS) is 10.7. The molecule has 4 rings (SSSR count). The quantitative estimate of drug-likeness (QED) is 0.485. The van der Waals surface area contributed by atoms with E-state index in [-0.39, 0.29) is 11.9 Å². The highest BCUT2D eigenvalue weighted by molar-refractivity contribution is 9.10. The van der Waals surface area contributed by atoms with Gasteiger partial charge in [-0.25, -0.2) is 9.99 Å². The van der Waals surface area contributed by atoms with E-state index < -0.39 is 0 Å². The van der Waals surface area contributed by atoms with Gasteiger partial charge in [0.1, 0.15) is 5.69 Å². The Morgan fingerprint density at radius 3 is 2.59 bits per heavy atom. The second-order valence-corrected chi connectivity index (χ2v) is 6.79. The van der Waals surface area contributed by atoms with Crippen molar-refractivity contribution in [2.75, 3.05) is 5.01 Å². The third-order valence-electron chi connectivity index (χ3n) is 3.97. The Morgan fingerprint density at radius 1 is 1.11 bits per heavy atom. The SMILES string of the molecule is CC(=O)NN(c1ncc(-c2ccc(Br)cc2)nn1)c1c[nH]c2ccccc12. The van der Waals surface area contributed by atoms with Crippen LogP contribution in [0.3, 0.4) is 0 Å². The molecule has 0 aliphatic heterocycles. The van der Waals surface area contributed by atoms with E-state index in [1.165, 1.54) is 11.9 Å². The lowest BCUT2D eigenvalue weighted by Crippen LogP contribution is -2.38. The number of aromatic amines is 1. The predicted molar refractivity (Wildman–Crippen MR) is 107 cm³/mol. The first-order chi connectivity index (χ1) is 13.1. The molecule has 27 heavy (non-hydrogen) atoms. The fourth-order valence-corrected chi connectivity index (χ4v) is 3.01. The smallest absolute Gasteiger partial charge is 0.269 e. The Morgan fingerprint density at radius 2 is 1.89 bits per heavy atom. The summed E-state index contributed by atoms with van der Waals surface area (Å²) in [5.41, 5.74) is 5.99. The summed E-state index contributed by atoms with van der Waals surface area (Å²) in [7, 11) is 0. The van der Waals surface area contributed by atoms with Gasteiger partial charge in [-0.15, -0.1) is 10.2 Å². The largest absolute Gasteiger partial charge is 0.359 e. The lowest BCUT2D eigenvalue weighted by molar-refractivity contribution is -0.118. The Labute approximate surface area is 163 Å². The molecular weight excluding hydrogens is 408 g/mol. The summed E-state index contributed by atoms with van der Waals surface area (Å²) in [4.78, 5) is 19.3. The average molecular weight is 423 g/mol. The molecule has 1 amide bonds. The molecule has 0 saturated carbocycles. The molecule has 0 unspecified atom stereocenters. The molecule has 0 spiro atoms. The van der Waals surface area contributed by atoms with Crippen LogP contribution >= 0.6 is 15.9 Å². The molecule has 8 heteroatoms. The lowest BCUT2D eigenvalue weighted by Gasteiger charge is -2.21. The Balaban J connectivity index is 1.72. The minimum absolute atomic E-state index is 0.235. The number of para-hydroxylation sites is 1. The van der Waals surface area contributed by atoms with E-state index in [2.05, 4.69) is 41.5 Å². The number of nitrogens with zero attached hydrogens (tertiary/aromatic N) is 4. The van der Waals surface area contributed by atoms with Crippen LogP contribution in [-0.4, -0.2) is 26.1 Å². The van der Waals surface area contributed by atoms with Crippen molar-refractivity contribution in [2.45, 2.75) is 6.92 Å². The number of aromatic nitrogens is 4. The van der Waals surface area contributed by atoms with Gasteiger partial charge < -0.3 is 4.98 Å². The highest BCUT2D eigenvalue weighted by Crippen LogP contribution is 2.29. The van der Waals surface area contributed by atoms with Crippen LogP contribution < -0.4 is 10.4 Å². The van der Waals surface area contributed by atoms with Gasteiger partial charge in [0.2, 0.25) is 5.91 Å². The summed E-state index contributed by atoms with van der Waals surface area (Å²) in [5.74, 6) is 0.0386. The minimum atomic E-state index is -0.235. The summed E-state index contributed by atoms with van der Waals surface area (Å²) in [5, 5.41) is 10.9. The zero-order valence-electron chi connectivity index (χ0n) is 14.3. The van der Waals surface area contributed by atoms with Gasteiger partial charge in [0, 0.05) is 34.1 Å². The number of hydrazine groups is 1. The third-order valence-corrected chi connectivity index (χ3v) is 4.50. The lowest BCUT2D eigenvalue weighted by atomic mass is 10.2. The summed E-state index contributed by atoms with van der Waals surface area (Å²) in [6.07, 6.45) is 3.43. The monoisotopic (exact) mass is 422 g/mol. The van der Waals surface area contributed by atoms with Gasteiger partial charge in [-0.3, -0.25) is 10.2 Å². The van der Waals surface area contributed by atoms with E-state index in [1.54, 1.807) is 12.4 Å². The molecule has 0 atom stereocenters. The van der Waals surface area contributed by atoms with E-state index in [4.69, 9.17) is 0 Å². The Hall–Kier alpha value is -3.26. The van der Waals surface area contributed by atoms with Crippen LogP contribution in [0.5, 0.6) is 0 Å². The van der Waals surface area contributed by atoms with E-state index >= 15 is 0 Å². The molecule has 2 heterocycles. The number of H-pyrrole nitrogens is 1. The van der Waals surface area contributed by atoms with Crippen molar-refractivity contribution < 1.29 is 4.79 Å². The maximum atomic E-state index is 11.7. The van der Waals surface area contributed by atoms with Gasteiger partial charge in [-0.2, -0.15) is 0 Å². The maximum Gasteiger partial charge on any atom is 0.269 e. The summed E-state index contributed by atoms with van der Waals surface area (Å²) < 4.78 is 0.986. The van der Waals surface area contributed by atoms with Crippen LogP contribution in [0, 0.1) is 0 Å². The Kier molecular flexibility index (Phi) is 4.55. The highest BCUT2D eigenvalue weighted by atomic mass is 79.9. The molecule has 0 radical (unpaired) electrons. The molecular formula is C19H15BrN6O. The molecule has 0 bridgehead atoms. The van der Waals surface area contributed by atoms with Gasteiger partial charge in [0.25, 0.3) is 5.95 Å². The van der Waals surface area contributed by atoms with Crippen LogP contribution in [0.25, 0.3) is 22.2 Å². The van der Waals surface area contributed by atoms with Crippen LogP contribution in [0.15, 0.2) is 65.4 Å². The number of nitrogens with one attached hydrogen (secondary N) is 2. The van der Waals surface area contributed by atoms with Crippen LogP contribution in [0.1, 0.15) is 6.92 Å². The van der Waals surface area contributed by atoms with Gasteiger partial charge in [-0.05, 0) is 18.2 Å². The molecule has 4 aromatic rings. The zero-order valence-corrected chi connectivity index (χ0v) is 15.9.